The Balaban J connectivity index is 1.91. The van der Waals surface area contributed by atoms with Crippen LogP contribution in [0, 0.1) is 3.57 Å². The summed E-state index contributed by atoms with van der Waals surface area (Å²) in [5, 5.41) is 9.53. The van der Waals surface area contributed by atoms with Crippen molar-refractivity contribution in [2.24, 2.45) is 0 Å². The van der Waals surface area contributed by atoms with E-state index in [0.717, 1.165) is 52.2 Å². The molecule has 0 radical (unpaired) electrons. The molecule has 2 heterocycles. The van der Waals surface area contributed by atoms with Gasteiger partial charge in [-0.25, -0.2) is 0 Å². The number of halogens is 1. The number of ether oxygens (including phenoxy) is 1. The lowest BCUT2D eigenvalue weighted by atomic mass is 9.89. The van der Waals surface area contributed by atoms with Crippen LogP contribution in [0.25, 0.3) is 33.6 Å². The van der Waals surface area contributed by atoms with E-state index in [4.69, 9.17) is 4.74 Å². The van der Waals surface area contributed by atoms with Gasteiger partial charge in [0.15, 0.2) is 5.75 Å². The molecule has 2 aromatic rings. The second kappa shape index (κ2) is 7.56. The summed E-state index contributed by atoms with van der Waals surface area (Å²) >= 11 is 2.14. The largest absolute Gasteiger partial charge is 0.493 e. The highest BCUT2D eigenvalue weighted by Gasteiger charge is 2.26. The molecule has 0 bridgehead atoms. The summed E-state index contributed by atoms with van der Waals surface area (Å²) in [5.74, 6) is 0.369. The number of hydrogen-bond acceptors (Lipinski definition) is 3. The molecule has 0 saturated carbocycles. The Bertz CT molecular complexity index is 1290. The summed E-state index contributed by atoms with van der Waals surface area (Å²) in [4.78, 5) is 12.8. The van der Waals surface area contributed by atoms with Gasteiger partial charge in [-0.3, -0.25) is 4.79 Å². The Labute approximate surface area is 188 Å². The average molecular weight is 509 g/mol. The van der Waals surface area contributed by atoms with E-state index in [-0.39, 0.29) is 12.0 Å². The number of aliphatic hydroxyl groups excluding tert-OH is 1. The van der Waals surface area contributed by atoms with Gasteiger partial charge < -0.3 is 14.4 Å². The molecule has 5 rings (SSSR count). The molecule has 0 amide bonds. The molecular formula is C25H20INO3. The smallest absolute Gasteiger partial charge is 0.234 e. The maximum absolute atomic E-state index is 12.8. The van der Waals surface area contributed by atoms with Crippen molar-refractivity contribution in [2.45, 2.75) is 19.6 Å². The first-order chi connectivity index (χ1) is 14.6. The summed E-state index contributed by atoms with van der Waals surface area (Å²) in [5.41, 5.74) is 8.46. The minimum absolute atomic E-state index is 0.0392. The maximum atomic E-state index is 12.8. The van der Waals surface area contributed by atoms with Crippen molar-refractivity contribution >= 4 is 22.6 Å². The molecule has 0 unspecified atom stereocenters. The van der Waals surface area contributed by atoms with Crippen LogP contribution in [0.15, 0.2) is 65.5 Å². The van der Waals surface area contributed by atoms with Crippen molar-refractivity contribution in [2.75, 3.05) is 7.11 Å². The van der Waals surface area contributed by atoms with Crippen LogP contribution in [0.1, 0.15) is 11.1 Å². The molecule has 2 aliphatic heterocycles. The van der Waals surface area contributed by atoms with E-state index >= 15 is 0 Å². The van der Waals surface area contributed by atoms with Crippen molar-refractivity contribution in [1.82, 2.24) is 4.57 Å². The zero-order chi connectivity index (χ0) is 20.8. The highest BCUT2D eigenvalue weighted by atomic mass is 127. The molecule has 0 atom stereocenters. The number of benzene rings is 3. The molecule has 150 valence electrons. The lowest BCUT2D eigenvalue weighted by Gasteiger charge is -2.30. The van der Waals surface area contributed by atoms with E-state index < -0.39 is 0 Å². The molecule has 0 fully saturated rings. The topological polar surface area (TPSA) is 51.5 Å². The Hall–Kier alpha value is -2.64. The molecule has 0 aromatic heterocycles. The van der Waals surface area contributed by atoms with Gasteiger partial charge in [-0.05, 0) is 57.8 Å². The second-order valence-corrected chi connectivity index (χ2v) is 8.56. The van der Waals surface area contributed by atoms with Crippen LogP contribution in [0.2, 0.25) is 0 Å². The predicted octanol–water partition coefficient (Wildman–Crippen LogP) is 4.95. The summed E-state index contributed by atoms with van der Waals surface area (Å²) in [6, 6.07) is 20.4. The Morgan fingerprint density at radius 2 is 1.83 bits per heavy atom. The van der Waals surface area contributed by atoms with Crippen LogP contribution in [0.4, 0.5) is 0 Å². The van der Waals surface area contributed by atoms with Crippen LogP contribution in [-0.4, -0.2) is 16.8 Å². The first-order valence-electron chi connectivity index (χ1n) is 9.85. The van der Waals surface area contributed by atoms with Crippen molar-refractivity contribution in [3.05, 3.63) is 85.6 Å². The van der Waals surface area contributed by atoms with Crippen LogP contribution >= 0.6 is 22.6 Å². The highest BCUT2D eigenvalue weighted by Crippen LogP contribution is 2.43. The van der Waals surface area contributed by atoms with E-state index in [1.54, 1.807) is 7.11 Å². The maximum Gasteiger partial charge on any atom is 0.234 e. The fourth-order valence-electron chi connectivity index (χ4n) is 4.39. The minimum Gasteiger partial charge on any atom is -0.493 e. The van der Waals surface area contributed by atoms with E-state index in [2.05, 4.69) is 57.5 Å². The summed E-state index contributed by atoms with van der Waals surface area (Å²) in [6.07, 6.45) is 0.889. The third-order valence-corrected chi connectivity index (χ3v) is 6.89. The molecule has 30 heavy (non-hydrogen) atoms. The minimum atomic E-state index is -0.0822. The van der Waals surface area contributed by atoms with E-state index in [1.165, 1.54) is 5.56 Å². The predicted molar refractivity (Wildman–Crippen MR) is 127 cm³/mol. The summed E-state index contributed by atoms with van der Waals surface area (Å²) in [6.45, 7) is 0.868. The van der Waals surface area contributed by atoms with Crippen molar-refractivity contribution < 1.29 is 9.84 Å². The summed E-state index contributed by atoms with van der Waals surface area (Å²) < 4.78 is 8.41. The highest BCUT2D eigenvalue weighted by molar-refractivity contribution is 14.1. The number of nitrogens with zero attached hydrogens (tertiary/aromatic N) is 1. The van der Waals surface area contributed by atoms with Gasteiger partial charge in [0.2, 0.25) is 5.43 Å². The third-order valence-electron chi connectivity index (χ3n) is 5.82. The molecule has 0 saturated heterocycles. The molecule has 0 spiro atoms. The van der Waals surface area contributed by atoms with Crippen LogP contribution in [0.3, 0.4) is 0 Å². The zero-order valence-electron chi connectivity index (χ0n) is 16.5. The summed E-state index contributed by atoms with van der Waals surface area (Å²) in [7, 11) is 1.54. The Kier molecular flexibility index (Phi) is 4.87. The molecule has 3 aliphatic rings. The number of methoxy groups -OCH3 is 1. The molecule has 5 heteroatoms. The number of aliphatic hydroxyl groups is 1. The number of rotatable bonds is 3. The van der Waals surface area contributed by atoms with Gasteiger partial charge in [0.25, 0.3) is 0 Å². The number of fused-ring (bicyclic) bond motifs is 4. The van der Waals surface area contributed by atoms with Gasteiger partial charge in [-0.1, -0.05) is 48.5 Å². The fraction of sp³-hybridized carbons (Fsp3) is 0.160. The number of aryl methyl sites for hydroxylation is 1. The van der Waals surface area contributed by atoms with Crippen LogP contribution in [0.5, 0.6) is 5.75 Å². The molecule has 4 nitrogen and oxygen atoms in total. The SMILES string of the molecule is COc1cc2c(-c3ccccc3)n3c(cc-2c(I)c1=O)-c1ccc(CO)cc1CC3. The number of aromatic nitrogens is 1. The van der Waals surface area contributed by atoms with Gasteiger partial charge in [-0.15, -0.1) is 0 Å². The van der Waals surface area contributed by atoms with Crippen molar-refractivity contribution in [3.8, 4) is 39.4 Å². The van der Waals surface area contributed by atoms with E-state index in [0.29, 0.717) is 9.32 Å². The molecule has 1 aliphatic carbocycles. The average Bonchev–Trinajstić information content (AvgIpc) is 2.80. The molecule has 2 aromatic carbocycles. The first-order valence-corrected chi connectivity index (χ1v) is 10.9. The normalized spacial score (nSPS) is 12.5. The fourth-order valence-corrected chi connectivity index (χ4v) is 5.10. The van der Waals surface area contributed by atoms with Gasteiger partial charge in [0, 0.05) is 28.9 Å². The van der Waals surface area contributed by atoms with Gasteiger partial charge in [0.1, 0.15) is 0 Å². The standard InChI is InChI=1S/C25H20INO3/c1-30-22-13-20-19(23(26)25(22)29)12-21-18-8-7-15(14-28)11-17(18)9-10-27(21)24(20)16-5-3-2-4-6-16/h2-8,11-13,28H,9-10,14H2,1H3. The molecular weight excluding hydrogens is 489 g/mol. The molecule has 1 N–H and O–H groups in total. The third kappa shape index (κ3) is 2.96. The second-order valence-electron chi connectivity index (χ2n) is 7.48. The quantitative estimate of drug-likeness (QED) is 0.398. The van der Waals surface area contributed by atoms with Crippen molar-refractivity contribution in [1.29, 1.82) is 0 Å². The Morgan fingerprint density at radius 1 is 1.03 bits per heavy atom. The van der Waals surface area contributed by atoms with Gasteiger partial charge in [0.05, 0.1) is 23.0 Å². The van der Waals surface area contributed by atoms with E-state index in [9.17, 15) is 9.90 Å². The van der Waals surface area contributed by atoms with E-state index in [1.807, 2.05) is 30.3 Å². The Morgan fingerprint density at radius 3 is 2.57 bits per heavy atom. The lowest BCUT2D eigenvalue weighted by molar-refractivity contribution is 0.281. The zero-order valence-corrected chi connectivity index (χ0v) is 18.6. The lowest BCUT2D eigenvalue weighted by Crippen LogP contribution is -2.19. The number of hydrogen-bond donors (Lipinski definition) is 1. The van der Waals surface area contributed by atoms with Gasteiger partial charge >= 0.3 is 0 Å². The van der Waals surface area contributed by atoms with Crippen LogP contribution < -0.4 is 10.2 Å². The first kappa shape index (κ1) is 19.3. The van der Waals surface area contributed by atoms with Crippen molar-refractivity contribution in [3.63, 3.8) is 0 Å². The monoisotopic (exact) mass is 509 g/mol. The van der Waals surface area contributed by atoms with Crippen LogP contribution in [-0.2, 0) is 19.6 Å². The van der Waals surface area contributed by atoms with Gasteiger partial charge in [-0.2, -0.15) is 0 Å². The number of pyridine rings is 1.